The number of para-hydroxylation sites is 1. The number of fused-ring (bicyclic) bond motifs is 1. The molecule has 1 saturated heterocycles. The molecule has 0 spiro atoms. The number of amides is 2. The van der Waals surface area contributed by atoms with E-state index in [4.69, 9.17) is 0 Å². The van der Waals surface area contributed by atoms with Crippen molar-refractivity contribution >= 4 is 22.7 Å². The van der Waals surface area contributed by atoms with Crippen LogP contribution in [0.15, 0.2) is 30.5 Å². The molecule has 0 bridgehead atoms. The highest BCUT2D eigenvalue weighted by atomic mass is 16.3. The molecule has 2 amide bonds. The summed E-state index contributed by atoms with van der Waals surface area (Å²) in [5.74, 6) is -0.254. The number of aliphatic hydroxyl groups excluding tert-OH is 1. The van der Waals surface area contributed by atoms with Crippen molar-refractivity contribution in [2.24, 2.45) is 5.92 Å². The Hall–Kier alpha value is -2.34. The number of hydrogen-bond donors (Lipinski definition) is 3. The van der Waals surface area contributed by atoms with Crippen LogP contribution in [0, 0.1) is 5.92 Å². The second-order valence-electron chi connectivity index (χ2n) is 6.80. The van der Waals surface area contributed by atoms with Gasteiger partial charge in [-0.1, -0.05) is 25.1 Å². The van der Waals surface area contributed by atoms with Gasteiger partial charge in [-0.2, -0.15) is 0 Å². The fourth-order valence-corrected chi connectivity index (χ4v) is 3.62. The average Bonchev–Trinajstić information content (AvgIpc) is 3.17. The first kappa shape index (κ1) is 17.5. The Kier molecular flexibility index (Phi) is 5.08. The van der Waals surface area contributed by atoms with Crippen molar-refractivity contribution < 1.29 is 14.7 Å². The lowest BCUT2D eigenvalue weighted by atomic mass is 10.0. The maximum Gasteiger partial charge on any atom is 0.245 e. The molecule has 1 aliphatic rings. The minimum atomic E-state index is -0.625. The summed E-state index contributed by atoms with van der Waals surface area (Å²) in [5, 5.41) is 13.9. The molecule has 6 nitrogen and oxygen atoms in total. The first-order valence-electron chi connectivity index (χ1n) is 8.78. The van der Waals surface area contributed by atoms with E-state index in [1.807, 2.05) is 37.4 Å². The molecule has 0 unspecified atom stereocenters. The van der Waals surface area contributed by atoms with Gasteiger partial charge >= 0.3 is 0 Å². The number of aromatic nitrogens is 1. The standard InChI is InChI=1S/C19H25N3O3/c1-3-13-10-22(11-18(13)24)19(25)17(21-12(2)23)8-14-9-20-16-7-5-4-6-15(14)16/h4-7,9,13,17-18,20,24H,3,8,10-11H2,1-2H3,(H,21,23)/t13-,17-,18+/m1/s1. The predicted molar refractivity (Wildman–Crippen MR) is 96.0 cm³/mol. The molecule has 0 radical (unpaired) electrons. The highest BCUT2D eigenvalue weighted by Crippen LogP contribution is 2.23. The molecule has 6 heteroatoms. The second kappa shape index (κ2) is 7.27. The van der Waals surface area contributed by atoms with Gasteiger partial charge in [0.2, 0.25) is 11.8 Å². The Morgan fingerprint density at radius 3 is 2.80 bits per heavy atom. The molecule has 134 valence electrons. The van der Waals surface area contributed by atoms with E-state index in [-0.39, 0.29) is 17.7 Å². The topological polar surface area (TPSA) is 85.4 Å². The number of H-pyrrole nitrogens is 1. The summed E-state index contributed by atoms with van der Waals surface area (Å²) in [7, 11) is 0. The maximum atomic E-state index is 12.9. The lowest BCUT2D eigenvalue weighted by Crippen LogP contribution is -2.48. The van der Waals surface area contributed by atoms with Crippen LogP contribution in [0.5, 0.6) is 0 Å². The van der Waals surface area contributed by atoms with Crippen molar-refractivity contribution in [1.29, 1.82) is 0 Å². The molecule has 3 rings (SSSR count). The summed E-state index contributed by atoms with van der Waals surface area (Å²) in [6.45, 7) is 4.31. The molecule has 25 heavy (non-hydrogen) atoms. The summed E-state index contributed by atoms with van der Waals surface area (Å²) >= 11 is 0. The van der Waals surface area contributed by atoms with Crippen LogP contribution < -0.4 is 5.32 Å². The molecular weight excluding hydrogens is 318 g/mol. The normalized spacial score (nSPS) is 21.5. The zero-order chi connectivity index (χ0) is 18.0. The molecule has 3 N–H and O–H groups in total. The van der Waals surface area contributed by atoms with Gasteiger partial charge in [-0.05, 0) is 18.1 Å². The minimum Gasteiger partial charge on any atom is -0.391 e. The van der Waals surface area contributed by atoms with E-state index < -0.39 is 12.1 Å². The lowest BCUT2D eigenvalue weighted by molar-refractivity contribution is -0.135. The first-order chi connectivity index (χ1) is 12.0. The molecule has 0 aliphatic carbocycles. The minimum absolute atomic E-state index is 0.106. The number of hydrogen-bond acceptors (Lipinski definition) is 3. The van der Waals surface area contributed by atoms with Gasteiger partial charge in [-0.25, -0.2) is 0 Å². The van der Waals surface area contributed by atoms with E-state index in [1.54, 1.807) is 4.90 Å². The summed E-state index contributed by atoms with van der Waals surface area (Å²) < 4.78 is 0. The van der Waals surface area contributed by atoms with Crippen molar-refractivity contribution in [3.05, 3.63) is 36.0 Å². The molecule has 2 aromatic rings. The van der Waals surface area contributed by atoms with E-state index in [0.717, 1.165) is 22.9 Å². The Labute approximate surface area is 147 Å². The number of nitrogens with zero attached hydrogens (tertiary/aromatic N) is 1. The summed E-state index contributed by atoms with van der Waals surface area (Å²) in [5.41, 5.74) is 2.00. The Bertz CT molecular complexity index is 770. The van der Waals surface area contributed by atoms with Gasteiger partial charge in [0.1, 0.15) is 6.04 Å². The monoisotopic (exact) mass is 343 g/mol. The quantitative estimate of drug-likeness (QED) is 0.768. The number of benzene rings is 1. The number of nitrogens with one attached hydrogen (secondary N) is 2. The number of carbonyl (C=O) groups is 2. The van der Waals surface area contributed by atoms with Crippen molar-refractivity contribution in [2.45, 2.75) is 38.8 Å². The second-order valence-corrected chi connectivity index (χ2v) is 6.80. The van der Waals surface area contributed by atoms with E-state index in [9.17, 15) is 14.7 Å². The van der Waals surface area contributed by atoms with Gasteiger partial charge in [0.15, 0.2) is 0 Å². The smallest absolute Gasteiger partial charge is 0.245 e. The van der Waals surface area contributed by atoms with Crippen LogP contribution in [0.1, 0.15) is 25.8 Å². The van der Waals surface area contributed by atoms with Crippen LogP contribution in [-0.2, 0) is 16.0 Å². The third kappa shape index (κ3) is 3.69. The van der Waals surface area contributed by atoms with Crippen molar-refractivity contribution in [3.63, 3.8) is 0 Å². The van der Waals surface area contributed by atoms with E-state index in [1.165, 1.54) is 6.92 Å². The number of aromatic amines is 1. The molecule has 0 saturated carbocycles. The van der Waals surface area contributed by atoms with Gasteiger partial charge < -0.3 is 20.3 Å². The van der Waals surface area contributed by atoms with E-state index >= 15 is 0 Å². The zero-order valence-electron chi connectivity index (χ0n) is 14.7. The molecule has 2 heterocycles. The highest BCUT2D eigenvalue weighted by molar-refractivity contribution is 5.89. The highest BCUT2D eigenvalue weighted by Gasteiger charge is 2.36. The summed E-state index contributed by atoms with van der Waals surface area (Å²) in [4.78, 5) is 29.4. The fourth-order valence-electron chi connectivity index (χ4n) is 3.62. The molecule has 1 aromatic heterocycles. The van der Waals surface area contributed by atoms with Gasteiger partial charge in [0, 0.05) is 49.5 Å². The van der Waals surface area contributed by atoms with Crippen LogP contribution in [-0.4, -0.2) is 52.0 Å². The van der Waals surface area contributed by atoms with Crippen LogP contribution in [0.2, 0.25) is 0 Å². The Morgan fingerprint density at radius 1 is 1.36 bits per heavy atom. The van der Waals surface area contributed by atoms with Crippen LogP contribution in [0.3, 0.4) is 0 Å². The summed E-state index contributed by atoms with van der Waals surface area (Å²) in [6, 6.07) is 7.27. The number of rotatable bonds is 5. The van der Waals surface area contributed by atoms with Gasteiger partial charge in [0.05, 0.1) is 6.10 Å². The Balaban J connectivity index is 1.80. The zero-order valence-corrected chi connectivity index (χ0v) is 14.7. The largest absolute Gasteiger partial charge is 0.391 e. The molecule has 1 aliphatic heterocycles. The number of aliphatic hydroxyl groups is 1. The van der Waals surface area contributed by atoms with E-state index in [2.05, 4.69) is 10.3 Å². The van der Waals surface area contributed by atoms with Crippen molar-refractivity contribution in [2.75, 3.05) is 13.1 Å². The van der Waals surface area contributed by atoms with Gasteiger partial charge in [-0.15, -0.1) is 0 Å². The number of carbonyl (C=O) groups excluding carboxylic acids is 2. The number of β-amino-alcohol motifs (C(OH)–C–C–N with tert-alkyl or cyclic N) is 1. The van der Waals surface area contributed by atoms with E-state index in [0.29, 0.717) is 19.5 Å². The molecular formula is C19H25N3O3. The van der Waals surface area contributed by atoms with Crippen molar-refractivity contribution in [3.8, 4) is 0 Å². The molecule has 3 atom stereocenters. The van der Waals surface area contributed by atoms with Gasteiger partial charge in [-0.3, -0.25) is 9.59 Å². The van der Waals surface area contributed by atoms with Crippen LogP contribution >= 0.6 is 0 Å². The SMILES string of the molecule is CC[C@@H]1CN(C(=O)[C@@H](Cc2c[nH]c3ccccc23)NC(C)=O)C[C@@H]1O. The molecule has 1 aromatic carbocycles. The maximum absolute atomic E-state index is 12.9. The first-order valence-corrected chi connectivity index (χ1v) is 8.78. The van der Waals surface area contributed by atoms with Crippen molar-refractivity contribution in [1.82, 2.24) is 15.2 Å². The summed E-state index contributed by atoms with van der Waals surface area (Å²) in [6.07, 6.45) is 2.66. The van der Waals surface area contributed by atoms with Gasteiger partial charge in [0.25, 0.3) is 0 Å². The lowest BCUT2D eigenvalue weighted by Gasteiger charge is -2.24. The van der Waals surface area contributed by atoms with Crippen LogP contribution in [0.4, 0.5) is 0 Å². The molecule has 1 fully saturated rings. The average molecular weight is 343 g/mol. The third-order valence-electron chi connectivity index (χ3n) is 5.02. The number of likely N-dealkylation sites (tertiary alicyclic amines) is 1. The third-order valence-corrected chi connectivity index (χ3v) is 5.02. The predicted octanol–water partition coefficient (Wildman–Crippen LogP) is 1.44. The Morgan fingerprint density at radius 2 is 2.12 bits per heavy atom. The fraction of sp³-hybridized carbons (Fsp3) is 0.474. The van der Waals surface area contributed by atoms with Crippen LogP contribution in [0.25, 0.3) is 10.9 Å².